The van der Waals surface area contributed by atoms with Gasteiger partial charge in [0.25, 0.3) is 5.91 Å². The molecule has 1 amide bonds. The average molecular weight is 253 g/mol. The monoisotopic (exact) mass is 253 g/mol. The molecule has 0 aromatic heterocycles. The highest BCUT2D eigenvalue weighted by atomic mass is 16.7. The largest absolute Gasteiger partial charge is 0.278 e. The average Bonchev–Trinajstić information content (AvgIpc) is 2.98. The van der Waals surface area contributed by atoms with E-state index in [1.807, 2.05) is 60.7 Å². The summed E-state index contributed by atoms with van der Waals surface area (Å²) in [5, 5.41) is 1.50. The molecule has 3 nitrogen and oxygen atoms in total. The van der Waals surface area contributed by atoms with Crippen molar-refractivity contribution in [1.82, 2.24) is 5.06 Å². The van der Waals surface area contributed by atoms with E-state index in [1.165, 1.54) is 5.06 Å². The molecule has 0 saturated carbocycles. The van der Waals surface area contributed by atoms with Crippen molar-refractivity contribution in [3.05, 3.63) is 71.8 Å². The van der Waals surface area contributed by atoms with Crippen molar-refractivity contribution < 1.29 is 9.63 Å². The summed E-state index contributed by atoms with van der Waals surface area (Å²) in [6.07, 6.45) is 0.836. The highest BCUT2D eigenvalue weighted by Gasteiger charge is 2.32. The molecule has 1 aliphatic rings. The summed E-state index contributed by atoms with van der Waals surface area (Å²) in [5.74, 6) is -0.0769. The summed E-state index contributed by atoms with van der Waals surface area (Å²) in [6.45, 7) is 0.581. The molecule has 0 aliphatic carbocycles. The van der Waals surface area contributed by atoms with Gasteiger partial charge in [-0.1, -0.05) is 48.5 Å². The smallest absolute Gasteiger partial charge is 0.270 e. The van der Waals surface area contributed by atoms with Gasteiger partial charge in [-0.3, -0.25) is 9.63 Å². The lowest BCUT2D eigenvalue weighted by Crippen LogP contribution is -2.29. The Hall–Kier alpha value is -2.13. The standard InChI is InChI=1S/C16H15NO2/c18-16(14-9-5-2-6-10-14)17-15(11-12-19-17)13-7-3-1-4-8-13/h1-10,15H,11-12H2. The van der Waals surface area contributed by atoms with Gasteiger partial charge in [0.15, 0.2) is 0 Å². The van der Waals surface area contributed by atoms with Gasteiger partial charge in [0.2, 0.25) is 0 Å². The molecule has 19 heavy (non-hydrogen) atoms. The van der Waals surface area contributed by atoms with Crippen molar-refractivity contribution in [2.24, 2.45) is 0 Å². The van der Waals surface area contributed by atoms with Crippen LogP contribution in [0.4, 0.5) is 0 Å². The first-order valence-corrected chi connectivity index (χ1v) is 6.43. The van der Waals surface area contributed by atoms with Gasteiger partial charge < -0.3 is 0 Å². The Bertz CT molecular complexity index is 553. The highest BCUT2D eigenvalue weighted by Crippen LogP contribution is 2.31. The first-order valence-electron chi connectivity index (χ1n) is 6.43. The molecule has 1 atom stereocenters. The molecule has 0 N–H and O–H groups in total. The van der Waals surface area contributed by atoms with Gasteiger partial charge in [-0.05, 0) is 17.7 Å². The van der Waals surface area contributed by atoms with Gasteiger partial charge in [-0.25, -0.2) is 5.06 Å². The number of amides is 1. The van der Waals surface area contributed by atoms with E-state index in [0.29, 0.717) is 12.2 Å². The van der Waals surface area contributed by atoms with E-state index in [1.54, 1.807) is 0 Å². The third kappa shape index (κ3) is 2.37. The van der Waals surface area contributed by atoms with Crippen LogP contribution in [0.2, 0.25) is 0 Å². The molecule has 3 heteroatoms. The summed E-state index contributed by atoms with van der Waals surface area (Å²) >= 11 is 0. The van der Waals surface area contributed by atoms with Crippen LogP contribution in [-0.4, -0.2) is 17.6 Å². The molecule has 1 aliphatic heterocycles. The summed E-state index contributed by atoms with van der Waals surface area (Å²) in [5.41, 5.74) is 1.77. The predicted octanol–water partition coefficient (Wildman–Crippen LogP) is 3.21. The molecule has 96 valence electrons. The molecule has 2 aromatic rings. The topological polar surface area (TPSA) is 29.5 Å². The molecule has 3 rings (SSSR count). The first-order chi connectivity index (χ1) is 9.36. The lowest BCUT2D eigenvalue weighted by Gasteiger charge is -2.22. The van der Waals surface area contributed by atoms with Gasteiger partial charge in [0.05, 0.1) is 12.6 Å². The molecule has 1 heterocycles. The van der Waals surface area contributed by atoms with Crippen LogP contribution < -0.4 is 0 Å². The first kappa shape index (κ1) is 11.9. The quantitative estimate of drug-likeness (QED) is 0.822. The zero-order valence-electron chi connectivity index (χ0n) is 10.5. The van der Waals surface area contributed by atoms with Crippen LogP contribution in [0.1, 0.15) is 28.4 Å². The van der Waals surface area contributed by atoms with Crippen LogP contribution in [-0.2, 0) is 4.84 Å². The van der Waals surface area contributed by atoms with Crippen molar-refractivity contribution in [3.63, 3.8) is 0 Å². The third-order valence-corrected chi connectivity index (χ3v) is 3.31. The van der Waals surface area contributed by atoms with E-state index in [9.17, 15) is 4.79 Å². The Labute approximate surface area is 112 Å². The number of nitrogens with zero attached hydrogens (tertiary/aromatic N) is 1. The van der Waals surface area contributed by atoms with Crippen molar-refractivity contribution in [3.8, 4) is 0 Å². The molecular weight excluding hydrogens is 238 g/mol. The second kappa shape index (κ2) is 5.24. The Morgan fingerprint density at radius 2 is 1.63 bits per heavy atom. The maximum absolute atomic E-state index is 12.4. The Kier molecular flexibility index (Phi) is 3.29. The minimum absolute atomic E-state index is 0.00825. The summed E-state index contributed by atoms with van der Waals surface area (Å²) < 4.78 is 0. The summed E-state index contributed by atoms with van der Waals surface area (Å²) in [4.78, 5) is 18.0. The fraction of sp³-hybridized carbons (Fsp3) is 0.188. The van der Waals surface area contributed by atoms with Crippen LogP contribution in [0.25, 0.3) is 0 Å². The van der Waals surface area contributed by atoms with Crippen LogP contribution in [0.5, 0.6) is 0 Å². The number of hydrogen-bond acceptors (Lipinski definition) is 2. The van der Waals surface area contributed by atoms with Crippen LogP contribution in [0, 0.1) is 0 Å². The zero-order valence-corrected chi connectivity index (χ0v) is 10.5. The predicted molar refractivity (Wildman–Crippen MR) is 72.4 cm³/mol. The lowest BCUT2D eigenvalue weighted by atomic mass is 10.0. The number of hydrogen-bond donors (Lipinski definition) is 0. The zero-order chi connectivity index (χ0) is 13.1. The Morgan fingerprint density at radius 1 is 1.00 bits per heavy atom. The van der Waals surface area contributed by atoms with Crippen molar-refractivity contribution in [1.29, 1.82) is 0 Å². The molecular formula is C16H15NO2. The number of carbonyl (C=O) groups is 1. The normalized spacial score (nSPS) is 18.5. The molecule has 1 saturated heterocycles. The van der Waals surface area contributed by atoms with E-state index in [0.717, 1.165) is 12.0 Å². The Morgan fingerprint density at radius 3 is 2.32 bits per heavy atom. The number of carbonyl (C=O) groups excluding carboxylic acids is 1. The second-order valence-electron chi connectivity index (χ2n) is 4.55. The molecule has 0 bridgehead atoms. The third-order valence-electron chi connectivity index (χ3n) is 3.31. The van der Waals surface area contributed by atoms with Crippen molar-refractivity contribution in [2.45, 2.75) is 12.5 Å². The maximum Gasteiger partial charge on any atom is 0.278 e. The van der Waals surface area contributed by atoms with Gasteiger partial charge in [-0.15, -0.1) is 0 Å². The van der Waals surface area contributed by atoms with Crippen LogP contribution >= 0.6 is 0 Å². The maximum atomic E-state index is 12.4. The lowest BCUT2D eigenvalue weighted by molar-refractivity contribution is -0.0965. The number of benzene rings is 2. The van der Waals surface area contributed by atoms with Gasteiger partial charge in [-0.2, -0.15) is 0 Å². The summed E-state index contributed by atoms with van der Waals surface area (Å²) in [7, 11) is 0. The molecule has 0 spiro atoms. The highest BCUT2D eigenvalue weighted by molar-refractivity contribution is 5.93. The molecule has 2 aromatic carbocycles. The van der Waals surface area contributed by atoms with Crippen LogP contribution in [0.3, 0.4) is 0 Å². The SMILES string of the molecule is O=C(c1ccccc1)N1OCCC1c1ccccc1. The second-order valence-corrected chi connectivity index (χ2v) is 4.55. The van der Waals surface area contributed by atoms with E-state index < -0.39 is 0 Å². The van der Waals surface area contributed by atoms with Gasteiger partial charge >= 0.3 is 0 Å². The number of rotatable bonds is 2. The van der Waals surface area contributed by atoms with E-state index in [2.05, 4.69) is 0 Å². The Balaban J connectivity index is 1.86. The fourth-order valence-corrected chi connectivity index (χ4v) is 2.36. The van der Waals surface area contributed by atoms with Crippen molar-refractivity contribution >= 4 is 5.91 Å². The molecule has 1 unspecified atom stereocenters. The van der Waals surface area contributed by atoms with Gasteiger partial charge in [0.1, 0.15) is 0 Å². The van der Waals surface area contributed by atoms with Crippen LogP contribution in [0.15, 0.2) is 60.7 Å². The van der Waals surface area contributed by atoms with Gasteiger partial charge in [0, 0.05) is 12.0 Å². The van der Waals surface area contributed by atoms with E-state index in [-0.39, 0.29) is 11.9 Å². The van der Waals surface area contributed by atoms with Crippen molar-refractivity contribution in [2.75, 3.05) is 6.61 Å². The molecule has 1 fully saturated rings. The minimum atomic E-state index is -0.0769. The van der Waals surface area contributed by atoms with E-state index in [4.69, 9.17) is 4.84 Å². The van der Waals surface area contributed by atoms with E-state index >= 15 is 0 Å². The molecule has 0 radical (unpaired) electrons. The fourth-order valence-electron chi connectivity index (χ4n) is 2.36. The minimum Gasteiger partial charge on any atom is -0.270 e. The summed E-state index contributed by atoms with van der Waals surface area (Å²) in [6, 6.07) is 19.3. The number of hydroxylamine groups is 2.